The molecule has 2 N–H and O–H groups in total. The molecule has 6 nitrogen and oxygen atoms in total. The van der Waals surface area contributed by atoms with Crippen molar-refractivity contribution in [2.24, 2.45) is 5.92 Å². The molecule has 0 saturated carbocycles. The number of nitrogens with zero attached hydrogens (tertiary/aromatic N) is 2. The maximum atomic E-state index is 13.7. The maximum Gasteiger partial charge on any atom is 0.252 e. The lowest BCUT2D eigenvalue weighted by atomic mass is 9.94. The van der Waals surface area contributed by atoms with E-state index >= 15 is 0 Å². The highest BCUT2D eigenvalue weighted by atomic mass is 35.5. The summed E-state index contributed by atoms with van der Waals surface area (Å²) in [4.78, 5) is 34.5. The Morgan fingerprint density at radius 3 is 2.49 bits per heavy atom. The summed E-state index contributed by atoms with van der Waals surface area (Å²) in [5.41, 5.74) is 2.08. The maximum absolute atomic E-state index is 13.7. The summed E-state index contributed by atoms with van der Waals surface area (Å²) in [6, 6.07) is 14.2. The van der Waals surface area contributed by atoms with Gasteiger partial charge in [0.2, 0.25) is 5.91 Å². The van der Waals surface area contributed by atoms with E-state index in [0.29, 0.717) is 16.5 Å². The first-order valence-electron chi connectivity index (χ1n) is 12.7. The minimum atomic E-state index is -0.717. The van der Waals surface area contributed by atoms with Crippen LogP contribution in [0.5, 0.6) is 0 Å². The molecular weight excluding hydrogens is 460 g/mol. The summed E-state index contributed by atoms with van der Waals surface area (Å²) in [5, 5.41) is 4.50. The Hall–Kier alpha value is -2.83. The second-order valence-corrected chi connectivity index (χ2v) is 10.3. The predicted octanol–water partition coefficient (Wildman–Crippen LogP) is 5.02. The first-order valence-corrected chi connectivity index (χ1v) is 13.1. The van der Waals surface area contributed by atoms with Crippen molar-refractivity contribution < 1.29 is 9.59 Å². The minimum Gasteiger partial charge on any atom is -0.360 e. The summed E-state index contributed by atoms with van der Waals surface area (Å²) in [6.45, 7) is 5.04. The highest BCUT2D eigenvalue weighted by molar-refractivity contribution is 6.35. The van der Waals surface area contributed by atoms with Gasteiger partial charge in [-0.2, -0.15) is 0 Å². The Morgan fingerprint density at radius 1 is 1.00 bits per heavy atom. The molecule has 0 aliphatic carbocycles. The van der Waals surface area contributed by atoms with Crippen LogP contribution in [0.3, 0.4) is 0 Å². The molecule has 2 amide bonds. The topological polar surface area (TPSA) is 68.4 Å². The molecular formula is C28H33ClN4O2. The molecule has 35 heavy (non-hydrogen) atoms. The lowest BCUT2D eigenvalue weighted by Gasteiger charge is -2.37. The lowest BCUT2D eigenvalue weighted by Crippen LogP contribution is -2.47. The Morgan fingerprint density at radius 2 is 1.74 bits per heavy atom. The molecule has 5 rings (SSSR count). The Balaban J connectivity index is 1.27. The van der Waals surface area contributed by atoms with Crippen LogP contribution in [-0.2, 0) is 4.79 Å². The van der Waals surface area contributed by atoms with Crippen LogP contribution in [0.1, 0.15) is 54.1 Å². The van der Waals surface area contributed by atoms with Gasteiger partial charge >= 0.3 is 0 Å². The van der Waals surface area contributed by atoms with E-state index in [1.165, 1.54) is 32.4 Å². The minimum absolute atomic E-state index is 0.0371. The van der Waals surface area contributed by atoms with Gasteiger partial charge in [-0.05, 0) is 62.4 Å². The van der Waals surface area contributed by atoms with Crippen LogP contribution >= 0.6 is 11.6 Å². The number of aromatic nitrogens is 1. The van der Waals surface area contributed by atoms with E-state index in [-0.39, 0.29) is 11.8 Å². The number of aromatic amines is 1. The third kappa shape index (κ3) is 5.54. The third-order valence-corrected chi connectivity index (χ3v) is 7.75. The number of carbonyl (C=O) groups excluding carboxylic acids is 2. The van der Waals surface area contributed by atoms with Crippen LogP contribution in [0.2, 0.25) is 5.02 Å². The fourth-order valence-electron chi connectivity index (χ4n) is 5.41. The summed E-state index contributed by atoms with van der Waals surface area (Å²) >= 11 is 6.18. The first kappa shape index (κ1) is 23.9. The van der Waals surface area contributed by atoms with E-state index in [4.69, 9.17) is 11.6 Å². The average molecular weight is 493 g/mol. The Labute approximate surface area is 211 Å². The monoisotopic (exact) mass is 492 g/mol. The van der Waals surface area contributed by atoms with Gasteiger partial charge in [0, 0.05) is 42.3 Å². The Kier molecular flexibility index (Phi) is 7.40. The molecule has 2 aromatic carbocycles. The zero-order valence-corrected chi connectivity index (χ0v) is 20.8. The van der Waals surface area contributed by atoms with Crippen LogP contribution in [0, 0.1) is 5.92 Å². The number of rotatable bonds is 6. The average Bonchev–Trinajstić information content (AvgIpc) is 3.28. The lowest BCUT2D eigenvalue weighted by molar-refractivity contribution is -0.135. The molecule has 1 atom stereocenters. The molecule has 0 radical (unpaired) electrons. The molecule has 3 aromatic rings. The highest BCUT2D eigenvalue weighted by Gasteiger charge is 2.31. The first-order chi connectivity index (χ1) is 17.1. The fourth-order valence-corrected chi connectivity index (χ4v) is 5.62. The van der Waals surface area contributed by atoms with E-state index in [0.717, 1.165) is 48.9 Å². The normalized spacial score (nSPS) is 18.5. The molecule has 0 unspecified atom stereocenters. The number of amides is 2. The van der Waals surface area contributed by atoms with Crippen molar-refractivity contribution in [3.05, 3.63) is 70.9 Å². The molecule has 2 aliphatic rings. The van der Waals surface area contributed by atoms with E-state index in [9.17, 15) is 9.59 Å². The van der Waals surface area contributed by atoms with Crippen molar-refractivity contribution in [3.63, 3.8) is 0 Å². The van der Waals surface area contributed by atoms with Gasteiger partial charge in [0.05, 0.1) is 5.02 Å². The number of hydrogen-bond acceptors (Lipinski definition) is 3. The van der Waals surface area contributed by atoms with E-state index < -0.39 is 6.04 Å². The number of carbonyl (C=O) groups is 2. The second-order valence-electron chi connectivity index (χ2n) is 9.84. The summed E-state index contributed by atoms with van der Waals surface area (Å²) in [7, 11) is 0. The second kappa shape index (κ2) is 10.8. The van der Waals surface area contributed by atoms with E-state index in [1.54, 1.807) is 18.3 Å². The van der Waals surface area contributed by atoms with Crippen molar-refractivity contribution in [1.29, 1.82) is 0 Å². The summed E-state index contributed by atoms with van der Waals surface area (Å²) in [5.74, 6) is 0.325. The molecule has 2 aliphatic heterocycles. The van der Waals surface area contributed by atoms with Gasteiger partial charge in [0.25, 0.3) is 5.91 Å². The molecule has 2 saturated heterocycles. The van der Waals surface area contributed by atoms with Gasteiger partial charge < -0.3 is 20.1 Å². The van der Waals surface area contributed by atoms with Gasteiger partial charge in [0.1, 0.15) is 6.04 Å². The van der Waals surface area contributed by atoms with Crippen molar-refractivity contribution in [1.82, 2.24) is 20.1 Å². The SMILES string of the molecule is O=C(N[C@@H](C(=O)N1CCC(CN2CCCCC2)CC1)c1ccccc1)c1ccc2c(Cl)c[nH]c2c1. The number of halogens is 1. The molecule has 2 fully saturated rings. The van der Waals surface area contributed by atoms with Gasteiger partial charge in [-0.3, -0.25) is 9.59 Å². The number of likely N-dealkylation sites (tertiary alicyclic amines) is 2. The van der Waals surface area contributed by atoms with Crippen LogP contribution in [-0.4, -0.2) is 59.3 Å². The zero-order valence-electron chi connectivity index (χ0n) is 20.0. The van der Waals surface area contributed by atoms with Crippen molar-refractivity contribution >= 4 is 34.3 Å². The molecule has 3 heterocycles. The standard InChI is InChI=1S/C28H33ClN4O2/c29-24-18-30-25-17-22(9-10-23(24)25)27(34)31-26(21-7-3-1-4-8-21)28(35)33-15-11-20(12-16-33)19-32-13-5-2-6-14-32/h1,3-4,7-10,17-18,20,26,30H,2,5-6,11-16,19H2,(H,31,34)/t26-/m1/s1. The number of hydrogen-bond donors (Lipinski definition) is 2. The summed E-state index contributed by atoms with van der Waals surface area (Å²) < 4.78 is 0. The molecule has 184 valence electrons. The molecule has 7 heteroatoms. The van der Waals surface area contributed by atoms with Crippen molar-refractivity contribution in [2.45, 2.75) is 38.1 Å². The van der Waals surface area contributed by atoms with Gasteiger partial charge in [-0.25, -0.2) is 0 Å². The van der Waals surface area contributed by atoms with Crippen LogP contribution in [0.4, 0.5) is 0 Å². The van der Waals surface area contributed by atoms with E-state index in [2.05, 4.69) is 15.2 Å². The number of benzene rings is 2. The molecule has 1 aromatic heterocycles. The Bertz CT molecular complexity index is 1160. The van der Waals surface area contributed by atoms with Crippen LogP contribution in [0.15, 0.2) is 54.7 Å². The van der Waals surface area contributed by atoms with Crippen molar-refractivity contribution in [3.8, 4) is 0 Å². The molecule has 0 bridgehead atoms. The quantitative estimate of drug-likeness (QED) is 0.508. The molecule has 0 spiro atoms. The summed E-state index contributed by atoms with van der Waals surface area (Å²) in [6.07, 6.45) is 7.70. The zero-order chi connectivity index (χ0) is 24.2. The van der Waals surface area contributed by atoms with Crippen LogP contribution < -0.4 is 5.32 Å². The number of fused-ring (bicyclic) bond motifs is 1. The van der Waals surface area contributed by atoms with Gasteiger partial charge in [-0.15, -0.1) is 0 Å². The van der Waals surface area contributed by atoms with E-state index in [1.807, 2.05) is 41.3 Å². The number of piperidine rings is 2. The largest absolute Gasteiger partial charge is 0.360 e. The van der Waals surface area contributed by atoms with Gasteiger partial charge in [0.15, 0.2) is 0 Å². The van der Waals surface area contributed by atoms with Crippen molar-refractivity contribution in [2.75, 3.05) is 32.7 Å². The smallest absolute Gasteiger partial charge is 0.252 e. The predicted molar refractivity (Wildman–Crippen MR) is 140 cm³/mol. The highest BCUT2D eigenvalue weighted by Crippen LogP contribution is 2.26. The third-order valence-electron chi connectivity index (χ3n) is 7.44. The number of H-pyrrole nitrogens is 1. The number of nitrogens with one attached hydrogen (secondary N) is 2. The fraction of sp³-hybridized carbons (Fsp3) is 0.429. The van der Waals surface area contributed by atoms with Crippen LogP contribution in [0.25, 0.3) is 10.9 Å². The van der Waals surface area contributed by atoms with Gasteiger partial charge in [-0.1, -0.05) is 54.4 Å².